The van der Waals surface area contributed by atoms with Crippen molar-refractivity contribution in [3.05, 3.63) is 36.0 Å². The lowest BCUT2D eigenvalue weighted by atomic mass is 10.0. The van der Waals surface area contributed by atoms with Gasteiger partial charge >= 0.3 is 0 Å². The van der Waals surface area contributed by atoms with E-state index in [1.165, 1.54) is 43.4 Å². The summed E-state index contributed by atoms with van der Waals surface area (Å²) in [6.07, 6.45) is 4.95. The first-order valence-electron chi connectivity index (χ1n) is 8.11. The molecule has 21 heavy (non-hydrogen) atoms. The van der Waals surface area contributed by atoms with Gasteiger partial charge in [0.05, 0.1) is 5.52 Å². The Balaban J connectivity index is 1.83. The molecule has 1 fully saturated rings. The highest BCUT2D eigenvalue weighted by Crippen LogP contribution is 2.24. The van der Waals surface area contributed by atoms with E-state index in [-0.39, 0.29) is 0 Å². The van der Waals surface area contributed by atoms with E-state index in [1.807, 2.05) is 0 Å². The van der Waals surface area contributed by atoms with E-state index < -0.39 is 0 Å². The monoisotopic (exact) mass is 283 g/mol. The second-order valence-corrected chi connectivity index (χ2v) is 6.27. The highest BCUT2D eigenvalue weighted by Gasteiger charge is 2.11. The number of rotatable bonds is 4. The second kappa shape index (κ2) is 6.44. The van der Waals surface area contributed by atoms with Gasteiger partial charge < -0.3 is 10.6 Å². The lowest BCUT2D eigenvalue weighted by Crippen LogP contribution is -2.29. The molecule has 0 aliphatic carbocycles. The maximum atomic E-state index is 5.70. The minimum atomic E-state index is 0.488. The first-order chi connectivity index (χ1) is 10.3. The van der Waals surface area contributed by atoms with Crippen molar-refractivity contribution in [1.82, 2.24) is 4.98 Å². The quantitative estimate of drug-likeness (QED) is 0.935. The Hall–Kier alpha value is -1.61. The summed E-state index contributed by atoms with van der Waals surface area (Å²) >= 11 is 0. The Morgan fingerprint density at radius 3 is 2.71 bits per heavy atom. The molecule has 0 amide bonds. The molecule has 1 aliphatic rings. The molecule has 3 rings (SSSR count). The van der Waals surface area contributed by atoms with Crippen molar-refractivity contribution in [1.29, 1.82) is 0 Å². The number of hydrogen-bond acceptors (Lipinski definition) is 3. The fourth-order valence-corrected chi connectivity index (χ4v) is 3.06. The van der Waals surface area contributed by atoms with Gasteiger partial charge in [-0.1, -0.05) is 13.0 Å². The fourth-order valence-electron chi connectivity index (χ4n) is 3.06. The summed E-state index contributed by atoms with van der Waals surface area (Å²) in [4.78, 5) is 7.27. The van der Waals surface area contributed by atoms with Crippen molar-refractivity contribution in [3.63, 3.8) is 0 Å². The van der Waals surface area contributed by atoms with Crippen LogP contribution in [0.5, 0.6) is 0 Å². The van der Waals surface area contributed by atoms with Gasteiger partial charge in [0.1, 0.15) is 0 Å². The van der Waals surface area contributed by atoms with Crippen LogP contribution in [0.25, 0.3) is 10.9 Å². The fraction of sp³-hybridized carbons (Fsp3) is 0.500. The van der Waals surface area contributed by atoms with Crippen molar-refractivity contribution in [3.8, 4) is 0 Å². The van der Waals surface area contributed by atoms with Gasteiger partial charge in [-0.05, 0) is 62.4 Å². The van der Waals surface area contributed by atoms with Gasteiger partial charge in [0.2, 0.25) is 0 Å². The van der Waals surface area contributed by atoms with Crippen molar-refractivity contribution >= 4 is 16.6 Å². The number of anilines is 1. The molecule has 0 bridgehead atoms. The predicted octanol–water partition coefficient (Wildman–Crippen LogP) is 3.36. The van der Waals surface area contributed by atoms with E-state index in [4.69, 9.17) is 10.7 Å². The number of nitrogens with two attached hydrogens (primary N) is 1. The lowest BCUT2D eigenvalue weighted by molar-refractivity contribution is 0.578. The molecular weight excluding hydrogens is 258 g/mol. The molecule has 2 N–H and O–H groups in total. The molecular formula is C18H25N3. The summed E-state index contributed by atoms with van der Waals surface area (Å²) in [7, 11) is 0. The Morgan fingerprint density at radius 1 is 1.14 bits per heavy atom. The number of benzene rings is 1. The van der Waals surface area contributed by atoms with Crippen LogP contribution >= 0.6 is 0 Å². The predicted molar refractivity (Wildman–Crippen MR) is 89.7 cm³/mol. The molecule has 112 valence electrons. The Bertz CT molecular complexity index is 602. The summed E-state index contributed by atoms with van der Waals surface area (Å²) in [5.41, 5.74) is 9.28. The maximum absolute atomic E-state index is 5.70. The van der Waals surface area contributed by atoms with Crippen LogP contribution < -0.4 is 10.6 Å². The first-order valence-corrected chi connectivity index (χ1v) is 8.11. The third-order valence-corrected chi connectivity index (χ3v) is 4.41. The molecule has 1 aromatic carbocycles. The minimum absolute atomic E-state index is 0.488. The number of piperidine rings is 1. The van der Waals surface area contributed by atoms with E-state index in [9.17, 15) is 0 Å². The van der Waals surface area contributed by atoms with Crippen LogP contribution in [0.1, 0.15) is 31.9 Å². The molecule has 2 heterocycles. The van der Waals surface area contributed by atoms with Gasteiger partial charge in [0.15, 0.2) is 0 Å². The smallest absolute Gasteiger partial charge is 0.0706 e. The molecule has 0 saturated carbocycles. The summed E-state index contributed by atoms with van der Waals surface area (Å²) in [5.74, 6) is 0.488. The van der Waals surface area contributed by atoms with Crippen LogP contribution in [0.3, 0.4) is 0 Å². The van der Waals surface area contributed by atoms with Crippen LogP contribution in [0, 0.1) is 5.92 Å². The molecule has 1 saturated heterocycles. The van der Waals surface area contributed by atoms with Crippen molar-refractivity contribution in [2.75, 3.05) is 24.5 Å². The summed E-state index contributed by atoms with van der Waals surface area (Å²) in [5, 5.41) is 1.24. The molecule has 1 atom stereocenters. The number of aromatic nitrogens is 1. The first kappa shape index (κ1) is 14.3. The van der Waals surface area contributed by atoms with Gasteiger partial charge in [-0.15, -0.1) is 0 Å². The Labute approximate surface area is 127 Å². The minimum Gasteiger partial charge on any atom is -0.372 e. The zero-order valence-electron chi connectivity index (χ0n) is 12.9. The van der Waals surface area contributed by atoms with Crippen LogP contribution in [0.2, 0.25) is 0 Å². The largest absolute Gasteiger partial charge is 0.372 e. The molecule has 1 unspecified atom stereocenters. The third-order valence-electron chi connectivity index (χ3n) is 4.41. The van der Waals surface area contributed by atoms with Gasteiger partial charge in [-0.2, -0.15) is 0 Å². The highest BCUT2D eigenvalue weighted by molar-refractivity contribution is 5.82. The molecule has 2 aromatic rings. The normalized spacial score (nSPS) is 17.1. The van der Waals surface area contributed by atoms with E-state index in [0.717, 1.165) is 17.6 Å². The number of hydrogen-bond donors (Lipinski definition) is 1. The topological polar surface area (TPSA) is 42.1 Å². The molecule has 1 aliphatic heterocycles. The number of pyridine rings is 1. The zero-order chi connectivity index (χ0) is 14.7. The summed E-state index contributed by atoms with van der Waals surface area (Å²) < 4.78 is 0. The SMILES string of the molecule is CC(CN)Cc1ccc2cc(N3CCCCC3)ccc2n1. The van der Waals surface area contributed by atoms with E-state index in [1.54, 1.807) is 0 Å². The Kier molecular flexibility index (Phi) is 4.39. The average molecular weight is 283 g/mol. The van der Waals surface area contributed by atoms with Crippen LogP contribution in [-0.2, 0) is 6.42 Å². The van der Waals surface area contributed by atoms with Crippen LogP contribution in [-0.4, -0.2) is 24.6 Å². The van der Waals surface area contributed by atoms with E-state index in [0.29, 0.717) is 12.5 Å². The number of fused-ring (bicyclic) bond motifs is 1. The molecule has 1 aromatic heterocycles. The summed E-state index contributed by atoms with van der Waals surface area (Å²) in [6.45, 7) is 5.26. The van der Waals surface area contributed by atoms with Crippen LogP contribution in [0.15, 0.2) is 30.3 Å². The standard InChI is InChI=1S/C18H25N3/c1-14(13-19)11-16-6-5-15-12-17(7-8-18(15)20-16)21-9-3-2-4-10-21/h5-8,12,14H,2-4,9-11,13,19H2,1H3. The van der Waals surface area contributed by atoms with Crippen molar-refractivity contribution < 1.29 is 0 Å². The summed E-state index contributed by atoms with van der Waals surface area (Å²) in [6, 6.07) is 11.0. The van der Waals surface area contributed by atoms with Gasteiger partial charge in [0.25, 0.3) is 0 Å². The van der Waals surface area contributed by atoms with Crippen molar-refractivity contribution in [2.24, 2.45) is 11.7 Å². The zero-order valence-corrected chi connectivity index (χ0v) is 12.9. The van der Waals surface area contributed by atoms with Gasteiger partial charge in [-0.25, -0.2) is 0 Å². The molecule has 3 heteroatoms. The molecule has 3 nitrogen and oxygen atoms in total. The Morgan fingerprint density at radius 2 is 1.95 bits per heavy atom. The lowest BCUT2D eigenvalue weighted by Gasteiger charge is -2.29. The van der Waals surface area contributed by atoms with E-state index >= 15 is 0 Å². The number of nitrogens with zero attached hydrogens (tertiary/aromatic N) is 2. The van der Waals surface area contributed by atoms with E-state index in [2.05, 4.69) is 42.2 Å². The van der Waals surface area contributed by atoms with Gasteiger partial charge in [-0.3, -0.25) is 4.98 Å². The average Bonchev–Trinajstić information content (AvgIpc) is 2.55. The van der Waals surface area contributed by atoms with Gasteiger partial charge in [0, 0.05) is 29.9 Å². The van der Waals surface area contributed by atoms with Crippen LogP contribution in [0.4, 0.5) is 5.69 Å². The van der Waals surface area contributed by atoms with Crippen molar-refractivity contribution in [2.45, 2.75) is 32.6 Å². The molecule has 0 radical (unpaired) electrons. The highest BCUT2D eigenvalue weighted by atomic mass is 15.1. The second-order valence-electron chi connectivity index (χ2n) is 6.27. The third kappa shape index (κ3) is 3.35. The maximum Gasteiger partial charge on any atom is 0.0706 e. The molecule has 0 spiro atoms.